The maximum atomic E-state index is 13.4. The number of hydrogen-bond donors (Lipinski definition) is 2. The molecule has 106 valence electrons. The van der Waals surface area contributed by atoms with Crippen molar-refractivity contribution in [3.8, 4) is 0 Å². The highest BCUT2D eigenvalue weighted by Crippen LogP contribution is 2.25. The number of halogens is 3. The van der Waals surface area contributed by atoms with Crippen molar-refractivity contribution in [3.63, 3.8) is 0 Å². The molecular weight excluding hydrogens is 310 g/mol. The molecule has 0 radical (unpaired) electrons. The first-order chi connectivity index (χ1) is 9.31. The van der Waals surface area contributed by atoms with Crippen molar-refractivity contribution in [1.29, 1.82) is 0 Å². The zero-order valence-corrected chi connectivity index (χ0v) is 11.5. The number of hydrogen-bond acceptors (Lipinski definition) is 3. The van der Waals surface area contributed by atoms with Gasteiger partial charge in [-0.15, -0.1) is 0 Å². The molecule has 8 heteroatoms. The van der Waals surface area contributed by atoms with E-state index in [1.54, 1.807) is 0 Å². The van der Waals surface area contributed by atoms with E-state index in [0.717, 1.165) is 18.2 Å². The van der Waals surface area contributed by atoms with Crippen molar-refractivity contribution in [1.82, 2.24) is 0 Å². The number of rotatable bonds is 3. The molecule has 2 rings (SSSR count). The molecule has 0 aliphatic heterocycles. The van der Waals surface area contributed by atoms with Gasteiger partial charge in [0.25, 0.3) is 10.0 Å². The standard InChI is InChI=1S/C12H9ClF2N2O2S/c13-8-6-7(4-5-10(8)16)20(18,19)17-11-3-1-2-9(14)12(11)15/h1-6,17H,16H2. The predicted octanol–water partition coefficient (Wildman–Crippen LogP) is 3.00. The summed E-state index contributed by atoms with van der Waals surface area (Å²) in [4.78, 5) is -0.208. The van der Waals surface area contributed by atoms with Crippen LogP contribution >= 0.6 is 11.6 Å². The summed E-state index contributed by atoms with van der Waals surface area (Å²) in [6, 6.07) is 6.81. The topological polar surface area (TPSA) is 72.2 Å². The molecule has 0 amide bonds. The Labute approximate surface area is 119 Å². The third-order valence-corrected chi connectivity index (χ3v) is 4.17. The number of nitrogen functional groups attached to an aromatic ring is 1. The largest absolute Gasteiger partial charge is 0.398 e. The molecule has 0 atom stereocenters. The number of sulfonamides is 1. The van der Waals surface area contributed by atoms with E-state index in [4.69, 9.17) is 17.3 Å². The summed E-state index contributed by atoms with van der Waals surface area (Å²) in [5.41, 5.74) is 5.19. The molecule has 3 N–H and O–H groups in total. The number of anilines is 2. The Kier molecular flexibility index (Phi) is 3.82. The molecule has 0 heterocycles. The molecule has 0 saturated carbocycles. The smallest absolute Gasteiger partial charge is 0.262 e. The lowest BCUT2D eigenvalue weighted by molar-refractivity contribution is 0.511. The van der Waals surface area contributed by atoms with Crippen molar-refractivity contribution in [2.45, 2.75) is 4.90 Å². The van der Waals surface area contributed by atoms with Gasteiger partial charge in [-0.1, -0.05) is 17.7 Å². The molecule has 2 aromatic carbocycles. The maximum Gasteiger partial charge on any atom is 0.262 e. The molecule has 0 spiro atoms. The summed E-state index contributed by atoms with van der Waals surface area (Å²) in [5, 5.41) is 0.0487. The van der Waals surface area contributed by atoms with Gasteiger partial charge in [0.2, 0.25) is 0 Å². The Morgan fingerprint density at radius 1 is 1.15 bits per heavy atom. The van der Waals surface area contributed by atoms with Crippen molar-refractivity contribution in [3.05, 3.63) is 53.1 Å². The summed E-state index contributed by atoms with van der Waals surface area (Å²) < 4.78 is 52.5. The van der Waals surface area contributed by atoms with Crippen molar-refractivity contribution < 1.29 is 17.2 Å². The van der Waals surface area contributed by atoms with Gasteiger partial charge in [0.05, 0.1) is 21.3 Å². The quantitative estimate of drug-likeness (QED) is 0.854. The van der Waals surface area contributed by atoms with Gasteiger partial charge in [0.15, 0.2) is 11.6 Å². The Balaban J connectivity index is 2.41. The minimum Gasteiger partial charge on any atom is -0.398 e. The van der Waals surface area contributed by atoms with Crippen LogP contribution in [0.25, 0.3) is 0 Å². The van der Waals surface area contributed by atoms with E-state index in [-0.39, 0.29) is 15.6 Å². The van der Waals surface area contributed by atoms with Gasteiger partial charge in [-0.3, -0.25) is 4.72 Å². The summed E-state index contributed by atoms with van der Waals surface area (Å²) in [7, 11) is -4.09. The highest BCUT2D eigenvalue weighted by atomic mass is 35.5. The fourth-order valence-corrected chi connectivity index (χ4v) is 2.79. The lowest BCUT2D eigenvalue weighted by Crippen LogP contribution is -2.14. The van der Waals surface area contributed by atoms with Gasteiger partial charge in [0.1, 0.15) is 0 Å². The van der Waals surface area contributed by atoms with Crippen LogP contribution in [0.3, 0.4) is 0 Å². The van der Waals surface area contributed by atoms with E-state index in [0.29, 0.717) is 0 Å². The first-order valence-electron chi connectivity index (χ1n) is 5.33. The Bertz CT molecular complexity index is 766. The van der Waals surface area contributed by atoms with Crippen LogP contribution in [-0.4, -0.2) is 8.42 Å². The van der Waals surface area contributed by atoms with Crippen molar-refractivity contribution in [2.75, 3.05) is 10.5 Å². The van der Waals surface area contributed by atoms with Gasteiger partial charge in [-0.05, 0) is 30.3 Å². The molecule has 0 aliphatic rings. The lowest BCUT2D eigenvalue weighted by atomic mass is 10.3. The van der Waals surface area contributed by atoms with E-state index >= 15 is 0 Å². The van der Waals surface area contributed by atoms with E-state index in [1.165, 1.54) is 18.2 Å². The molecule has 20 heavy (non-hydrogen) atoms. The van der Waals surface area contributed by atoms with Crippen LogP contribution < -0.4 is 10.5 Å². The molecule has 0 bridgehead atoms. The van der Waals surface area contributed by atoms with Crippen LogP contribution in [0, 0.1) is 11.6 Å². The predicted molar refractivity (Wildman–Crippen MR) is 73.0 cm³/mol. The van der Waals surface area contributed by atoms with Gasteiger partial charge in [0, 0.05) is 0 Å². The van der Waals surface area contributed by atoms with E-state index < -0.39 is 27.3 Å². The second-order valence-electron chi connectivity index (χ2n) is 3.89. The molecule has 0 fully saturated rings. The lowest BCUT2D eigenvalue weighted by Gasteiger charge is -2.10. The van der Waals surface area contributed by atoms with Crippen LogP contribution in [0.15, 0.2) is 41.3 Å². The van der Waals surface area contributed by atoms with Crippen LogP contribution in [0.4, 0.5) is 20.2 Å². The molecule has 0 aromatic heterocycles. The number of benzene rings is 2. The monoisotopic (exact) mass is 318 g/mol. The first kappa shape index (κ1) is 14.5. The van der Waals surface area contributed by atoms with Crippen molar-refractivity contribution in [2.24, 2.45) is 0 Å². The summed E-state index contributed by atoms with van der Waals surface area (Å²) in [6.07, 6.45) is 0. The zero-order valence-electron chi connectivity index (χ0n) is 9.90. The summed E-state index contributed by atoms with van der Waals surface area (Å²) >= 11 is 5.73. The third kappa shape index (κ3) is 2.83. The third-order valence-electron chi connectivity index (χ3n) is 2.48. The number of nitrogens with two attached hydrogens (primary N) is 1. The highest BCUT2D eigenvalue weighted by molar-refractivity contribution is 7.92. The maximum absolute atomic E-state index is 13.4. The van der Waals surface area contributed by atoms with E-state index in [2.05, 4.69) is 0 Å². The normalized spacial score (nSPS) is 11.3. The fraction of sp³-hybridized carbons (Fsp3) is 0. The van der Waals surface area contributed by atoms with Gasteiger partial charge in [-0.2, -0.15) is 0 Å². The summed E-state index contributed by atoms with van der Waals surface area (Å²) in [6.45, 7) is 0. The van der Waals surface area contributed by atoms with Crippen LogP contribution in [0.2, 0.25) is 5.02 Å². The Morgan fingerprint density at radius 2 is 1.85 bits per heavy atom. The second kappa shape index (κ2) is 5.26. The average molecular weight is 319 g/mol. The minimum absolute atomic E-state index is 0.0487. The SMILES string of the molecule is Nc1ccc(S(=O)(=O)Nc2cccc(F)c2F)cc1Cl. The Morgan fingerprint density at radius 3 is 2.50 bits per heavy atom. The van der Waals surface area contributed by atoms with Crippen LogP contribution in [-0.2, 0) is 10.0 Å². The number of nitrogens with one attached hydrogen (secondary N) is 1. The van der Waals surface area contributed by atoms with E-state index in [9.17, 15) is 17.2 Å². The van der Waals surface area contributed by atoms with Crippen LogP contribution in [0.1, 0.15) is 0 Å². The highest BCUT2D eigenvalue weighted by Gasteiger charge is 2.18. The van der Waals surface area contributed by atoms with Crippen LogP contribution in [0.5, 0.6) is 0 Å². The van der Waals surface area contributed by atoms with E-state index in [1.807, 2.05) is 4.72 Å². The molecule has 0 saturated heterocycles. The molecule has 0 aliphatic carbocycles. The second-order valence-corrected chi connectivity index (χ2v) is 5.98. The zero-order chi connectivity index (χ0) is 14.9. The average Bonchev–Trinajstić information content (AvgIpc) is 2.38. The minimum atomic E-state index is -4.09. The van der Waals surface area contributed by atoms with Gasteiger partial charge in [-0.25, -0.2) is 17.2 Å². The van der Waals surface area contributed by atoms with Crippen molar-refractivity contribution >= 4 is 33.0 Å². The first-order valence-corrected chi connectivity index (χ1v) is 7.19. The molecular formula is C12H9ClF2N2O2S. The molecule has 0 unspecified atom stereocenters. The molecule has 4 nitrogen and oxygen atoms in total. The van der Waals surface area contributed by atoms with Gasteiger partial charge >= 0.3 is 0 Å². The Hall–Kier alpha value is -1.86. The molecule has 2 aromatic rings. The van der Waals surface area contributed by atoms with Gasteiger partial charge < -0.3 is 5.73 Å². The fourth-order valence-electron chi connectivity index (χ4n) is 1.46. The summed E-state index contributed by atoms with van der Waals surface area (Å²) in [5.74, 6) is -2.43.